The van der Waals surface area contributed by atoms with Gasteiger partial charge in [0.15, 0.2) is 0 Å². The summed E-state index contributed by atoms with van der Waals surface area (Å²) in [7, 11) is 0. The fraction of sp³-hybridized carbons (Fsp3) is 0.364. The summed E-state index contributed by atoms with van der Waals surface area (Å²) >= 11 is 1.71. The van der Waals surface area contributed by atoms with Gasteiger partial charge in [0.1, 0.15) is 5.82 Å². The van der Waals surface area contributed by atoms with Crippen LogP contribution in [0.3, 0.4) is 0 Å². The topological polar surface area (TPSA) is 38.0 Å². The Bertz CT molecular complexity index is 461. The van der Waals surface area contributed by atoms with Gasteiger partial charge in [-0.2, -0.15) is 0 Å². The van der Waals surface area contributed by atoms with Crippen LogP contribution >= 0.6 is 11.3 Å². The zero-order valence-corrected chi connectivity index (χ0v) is 9.07. The predicted octanol–water partition coefficient (Wildman–Crippen LogP) is 1.92. The van der Waals surface area contributed by atoms with Crippen molar-refractivity contribution < 1.29 is 5.11 Å². The summed E-state index contributed by atoms with van der Waals surface area (Å²) in [6.07, 6.45) is 3.27. The molecule has 2 aromatic rings. The van der Waals surface area contributed by atoms with E-state index in [-0.39, 0.29) is 6.10 Å². The van der Waals surface area contributed by atoms with Gasteiger partial charge in [0, 0.05) is 24.9 Å². The van der Waals surface area contributed by atoms with Crippen molar-refractivity contribution in [2.45, 2.75) is 25.5 Å². The second-order valence-corrected chi connectivity index (χ2v) is 4.80. The fourth-order valence-corrected chi connectivity index (χ4v) is 2.78. The van der Waals surface area contributed by atoms with Gasteiger partial charge < -0.3 is 9.67 Å². The number of imidazole rings is 1. The van der Waals surface area contributed by atoms with Crippen LogP contribution in [0.5, 0.6) is 0 Å². The standard InChI is InChI=1S/C11H12N2OS/c14-9-3-4-13-8(6-9)7-12-11(13)10-2-1-5-15-10/h1-2,5,7,9,14H,3-4,6H2. The first-order valence-electron chi connectivity index (χ1n) is 5.11. The smallest absolute Gasteiger partial charge is 0.150 e. The number of aromatic nitrogens is 2. The number of hydrogen-bond donors (Lipinski definition) is 1. The van der Waals surface area contributed by atoms with E-state index in [0.29, 0.717) is 0 Å². The molecule has 0 saturated carbocycles. The summed E-state index contributed by atoms with van der Waals surface area (Å²) in [5.74, 6) is 1.05. The summed E-state index contributed by atoms with van der Waals surface area (Å²) in [6, 6.07) is 4.13. The molecule has 1 aliphatic heterocycles. The van der Waals surface area contributed by atoms with E-state index < -0.39 is 0 Å². The van der Waals surface area contributed by atoms with E-state index in [4.69, 9.17) is 0 Å². The normalized spacial score (nSPS) is 20.2. The molecule has 0 aliphatic carbocycles. The molecule has 1 aliphatic rings. The maximum Gasteiger partial charge on any atom is 0.150 e. The van der Waals surface area contributed by atoms with Crippen molar-refractivity contribution in [2.75, 3.05) is 0 Å². The molecule has 1 N–H and O–H groups in total. The lowest BCUT2D eigenvalue weighted by atomic mass is 10.1. The minimum atomic E-state index is -0.189. The van der Waals surface area contributed by atoms with Gasteiger partial charge in [-0.15, -0.1) is 11.3 Å². The van der Waals surface area contributed by atoms with Crippen molar-refractivity contribution in [3.63, 3.8) is 0 Å². The van der Waals surface area contributed by atoms with E-state index in [0.717, 1.165) is 30.9 Å². The van der Waals surface area contributed by atoms with Gasteiger partial charge in [0.25, 0.3) is 0 Å². The lowest BCUT2D eigenvalue weighted by Crippen LogP contribution is -2.22. The van der Waals surface area contributed by atoms with E-state index in [1.54, 1.807) is 11.3 Å². The molecular weight excluding hydrogens is 208 g/mol. The first-order chi connectivity index (χ1) is 7.34. The van der Waals surface area contributed by atoms with Crippen LogP contribution in [0.1, 0.15) is 12.1 Å². The number of aliphatic hydroxyl groups excluding tert-OH is 1. The maximum atomic E-state index is 9.56. The number of thiophene rings is 1. The quantitative estimate of drug-likeness (QED) is 0.797. The van der Waals surface area contributed by atoms with Crippen LogP contribution in [0.15, 0.2) is 23.7 Å². The number of aliphatic hydroxyl groups is 1. The second-order valence-electron chi connectivity index (χ2n) is 3.85. The fourth-order valence-electron chi connectivity index (χ4n) is 2.05. The van der Waals surface area contributed by atoms with Crippen LogP contribution in [0.2, 0.25) is 0 Å². The largest absolute Gasteiger partial charge is 0.393 e. The summed E-state index contributed by atoms with van der Waals surface area (Å²) in [4.78, 5) is 5.64. The molecule has 0 radical (unpaired) electrons. The van der Waals surface area contributed by atoms with Gasteiger partial charge in [-0.25, -0.2) is 4.98 Å². The van der Waals surface area contributed by atoms with Gasteiger partial charge in [0.2, 0.25) is 0 Å². The molecule has 0 amide bonds. The van der Waals surface area contributed by atoms with Gasteiger partial charge in [-0.05, 0) is 17.9 Å². The third-order valence-corrected chi connectivity index (χ3v) is 3.68. The SMILES string of the molecule is OC1CCn2c(cnc2-c2cccs2)C1. The highest BCUT2D eigenvalue weighted by Gasteiger charge is 2.20. The van der Waals surface area contributed by atoms with E-state index in [1.165, 1.54) is 4.88 Å². The van der Waals surface area contributed by atoms with Crippen LogP contribution in [-0.4, -0.2) is 20.8 Å². The zero-order valence-electron chi connectivity index (χ0n) is 8.26. The average molecular weight is 220 g/mol. The van der Waals surface area contributed by atoms with E-state index in [1.807, 2.05) is 12.3 Å². The number of fused-ring (bicyclic) bond motifs is 1. The number of hydrogen-bond acceptors (Lipinski definition) is 3. The van der Waals surface area contributed by atoms with Crippen LogP contribution in [0.25, 0.3) is 10.7 Å². The summed E-state index contributed by atoms with van der Waals surface area (Å²) in [5, 5.41) is 11.6. The first kappa shape index (κ1) is 9.12. The molecule has 0 fully saturated rings. The average Bonchev–Trinajstić information content (AvgIpc) is 2.82. The number of nitrogens with zero attached hydrogens (tertiary/aromatic N) is 2. The van der Waals surface area contributed by atoms with Gasteiger partial charge in [0.05, 0.1) is 11.0 Å². The van der Waals surface area contributed by atoms with Crippen LogP contribution in [0.4, 0.5) is 0 Å². The lowest BCUT2D eigenvalue weighted by molar-refractivity contribution is 0.144. The Hall–Kier alpha value is -1.13. The van der Waals surface area contributed by atoms with Crippen LogP contribution < -0.4 is 0 Å². The van der Waals surface area contributed by atoms with Gasteiger partial charge in [-0.3, -0.25) is 0 Å². The molecule has 3 nitrogen and oxygen atoms in total. The monoisotopic (exact) mass is 220 g/mol. The van der Waals surface area contributed by atoms with E-state index >= 15 is 0 Å². The molecule has 0 saturated heterocycles. The third-order valence-electron chi connectivity index (χ3n) is 2.81. The van der Waals surface area contributed by atoms with Crippen LogP contribution in [-0.2, 0) is 13.0 Å². The van der Waals surface area contributed by atoms with Crippen molar-refractivity contribution in [1.29, 1.82) is 0 Å². The second kappa shape index (κ2) is 3.47. The molecule has 2 aromatic heterocycles. The van der Waals surface area contributed by atoms with Crippen LogP contribution in [0, 0.1) is 0 Å². The summed E-state index contributed by atoms with van der Waals surface area (Å²) in [5.41, 5.74) is 1.15. The summed E-state index contributed by atoms with van der Waals surface area (Å²) < 4.78 is 2.22. The highest BCUT2D eigenvalue weighted by molar-refractivity contribution is 7.13. The molecule has 78 valence electrons. The molecule has 1 unspecified atom stereocenters. The lowest BCUT2D eigenvalue weighted by Gasteiger charge is -2.20. The highest BCUT2D eigenvalue weighted by atomic mass is 32.1. The van der Waals surface area contributed by atoms with Crippen molar-refractivity contribution >= 4 is 11.3 Å². The molecule has 15 heavy (non-hydrogen) atoms. The molecule has 0 aromatic carbocycles. The third kappa shape index (κ3) is 1.50. The van der Waals surface area contributed by atoms with Crippen molar-refractivity contribution in [3.8, 4) is 10.7 Å². The minimum Gasteiger partial charge on any atom is -0.393 e. The van der Waals surface area contributed by atoms with Crippen molar-refractivity contribution in [1.82, 2.24) is 9.55 Å². The Morgan fingerprint density at radius 1 is 1.53 bits per heavy atom. The molecular formula is C11H12N2OS. The maximum absolute atomic E-state index is 9.56. The Morgan fingerprint density at radius 2 is 2.47 bits per heavy atom. The molecule has 4 heteroatoms. The number of rotatable bonds is 1. The van der Waals surface area contributed by atoms with Gasteiger partial charge in [-0.1, -0.05) is 6.07 Å². The molecule has 3 heterocycles. The highest BCUT2D eigenvalue weighted by Crippen LogP contribution is 2.27. The van der Waals surface area contributed by atoms with Crippen molar-refractivity contribution in [3.05, 3.63) is 29.4 Å². The molecule has 0 spiro atoms. The van der Waals surface area contributed by atoms with Gasteiger partial charge >= 0.3 is 0 Å². The molecule has 1 atom stereocenters. The Balaban J connectivity index is 2.05. The Labute approximate surface area is 92.0 Å². The van der Waals surface area contributed by atoms with E-state index in [2.05, 4.69) is 21.0 Å². The van der Waals surface area contributed by atoms with E-state index in [9.17, 15) is 5.11 Å². The Morgan fingerprint density at radius 3 is 3.27 bits per heavy atom. The zero-order chi connectivity index (χ0) is 10.3. The Kier molecular flexibility index (Phi) is 2.11. The summed E-state index contributed by atoms with van der Waals surface area (Å²) in [6.45, 7) is 0.879. The van der Waals surface area contributed by atoms with Crippen molar-refractivity contribution in [2.24, 2.45) is 0 Å². The molecule has 3 rings (SSSR count). The predicted molar refractivity (Wildman–Crippen MR) is 59.9 cm³/mol. The minimum absolute atomic E-state index is 0.189. The molecule has 0 bridgehead atoms. The first-order valence-corrected chi connectivity index (χ1v) is 5.99.